The van der Waals surface area contributed by atoms with Crippen molar-refractivity contribution in [3.8, 4) is 0 Å². The van der Waals surface area contributed by atoms with Crippen LogP contribution in [0.3, 0.4) is 0 Å². The van der Waals surface area contributed by atoms with E-state index in [1.807, 2.05) is 0 Å². The number of halogens is 1. The molecule has 19 heavy (non-hydrogen) atoms. The van der Waals surface area contributed by atoms with Crippen LogP contribution in [-0.2, 0) is 14.3 Å². The minimum atomic E-state index is -2.65. The Kier molecular flexibility index (Phi) is 4.55. The number of amides is 1. The Bertz CT molecular complexity index is 388. The minimum absolute atomic E-state index is 0.706. The molecule has 1 heterocycles. The van der Waals surface area contributed by atoms with Gasteiger partial charge in [0.05, 0.1) is 6.61 Å². The number of hydrogen-bond acceptors (Lipinski definition) is 7. The zero-order valence-electron chi connectivity index (χ0n) is 10.3. The van der Waals surface area contributed by atoms with Gasteiger partial charge in [0.1, 0.15) is 18.2 Å². The maximum absolute atomic E-state index is 11.6. The quantitative estimate of drug-likeness (QED) is 0.362. The Morgan fingerprint density at radius 1 is 1.37 bits per heavy atom. The number of carbonyl (C=O) groups is 2. The highest BCUT2D eigenvalue weighted by atomic mass is 35.5. The van der Waals surface area contributed by atoms with E-state index in [0.29, 0.717) is 0 Å². The number of ether oxygens (including phenoxy) is 1. The van der Waals surface area contributed by atoms with E-state index in [1.54, 1.807) is 0 Å². The molecular formula is C10H16ClNO7. The molecule has 8 nitrogen and oxygen atoms in total. The highest BCUT2D eigenvalue weighted by Crippen LogP contribution is 2.38. The fraction of sp³-hybridized carbons (Fsp3) is 0.800. The van der Waals surface area contributed by atoms with Crippen LogP contribution < -0.4 is 5.32 Å². The van der Waals surface area contributed by atoms with Crippen LogP contribution in [0.1, 0.15) is 13.8 Å². The summed E-state index contributed by atoms with van der Waals surface area (Å²) in [6.45, 7) is 1.22. The van der Waals surface area contributed by atoms with Crippen molar-refractivity contribution in [2.45, 2.75) is 42.9 Å². The zero-order chi connectivity index (χ0) is 15.0. The van der Waals surface area contributed by atoms with Gasteiger partial charge >= 0.3 is 0 Å². The summed E-state index contributed by atoms with van der Waals surface area (Å²) in [4.78, 5) is 22.7. The normalized spacial score (nSPS) is 42.8. The Balaban J connectivity index is 3.29. The summed E-state index contributed by atoms with van der Waals surface area (Å²) in [6, 6.07) is -1.80. The van der Waals surface area contributed by atoms with Gasteiger partial charge in [0, 0.05) is 6.92 Å². The number of hydrogen-bond donors (Lipinski definition) is 5. The Hall–Kier alpha value is -0.770. The molecule has 0 aliphatic carbocycles. The SMILES string of the molecule is CC(=O)N[C@H]1C(O)(Cl)O[C@H](CO)[C@@H](O)[C@@]1(O)C(C)=O. The molecule has 1 rings (SSSR count). The van der Waals surface area contributed by atoms with Crippen LogP contribution in [0.4, 0.5) is 0 Å². The molecular weight excluding hydrogens is 282 g/mol. The molecule has 0 bridgehead atoms. The highest BCUT2D eigenvalue weighted by molar-refractivity contribution is 6.22. The molecule has 0 aromatic rings. The minimum Gasteiger partial charge on any atom is -0.394 e. The smallest absolute Gasteiger partial charge is 0.270 e. The summed E-state index contributed by atoms with van der Waals surface area (Å²) in [7, 11) is 0. The lowest BCUT2D eigenvalue weighted by Crippen LogP contribution is -2.77. The molecule has 1 aliphatic heterocycles. The van der Waals surface area contributed by atoms with Gasteiger partial charge in [-0.3, -0.25) is 9.59 Å². The predicted octanol–water partition coefficient (Wildman–Crippen LogP) is -2.55. The molecule has 1 amide bonds. The standard InChI is InChI=1S/C10H16ClNO7/c1-4(14)9(17)7(16)6(3-13)19-10(11,18)8(9)12-5(2)15/h6-8,13,16-18H,3H2,1-2H3,(H,12,15)/t6-,7-,8-,9+,10?/m1/s1. The molecule has 110 valence electrons. The monoisotopic (exact) mass is 297 g/mol. The third-order valence-electron chi connectivity index (χ3n) is 3.01. The number of carbonyl (C=O) groups excluding carboxylic acids is 2. The molecule has 0 spiro atoms. The van der Waals surface area contributed by atoms with Crippen molar-refractivity contribution < 1.29 is 34.8 Å². The van der Waals surface area contributed by atoms with Crippen molar-refractivity contribution in [1.29, 1.82) is 0 Å². The van der Waals surface area contributed by atoms with Gasteiger partial charge in [-0.15, -0.1) is 0 Å². The van der Waals surface area contributed by atoms with Crippen LogP contribution in [0.2, 0.25) is 0 Å². The van der Waals surface area contributed by atoms with E-state index in [9.17, 15) is 24.9 Å². The Morgan fingerprint density at radius 3 is 2.26 bits per heavy atom. The maximum atomic E-state index is 11.6. The first-order valence-corrected chi connectivity index (χ1v) is 5.83. The van der Waals surface area contributed by atoms with Crippen molar-refractivity contribution in [2.24, 2.45) is 0 Å². The Morgan fingerprint density at radius 2 is 1.89 bits per heavy atom. The van der Waals surface area contributed by atoms with Crippen LogP contribution in [0.5, 0.6) is 0 Å². The van der Waals surface area contributed by atoms with Gasteiger partial charge in [0.25, 0.3) is 5.25 Å². The number of rotatable bonds is 3. The number of alkyl halides is 1. The number of nitrogens with one attached hydrogen (secondary N) is 1. The molecule has 5 atom stereocenters. The molecule has 0 radical (unpaired) electrons. The number of aliphatic hydroxyl groups excluding tert-OH is 2. The lowest BCUT2D eigenvalue weighted by atomic mass is 9.79. The first-order chi connectivity index (χ1) is 8.57. The van der Waals surface area contributed by atoms with Crippen LogP contribution in [0, 0.1) is 0 Å². The summed E-state index contributed by atoms with van der Waals surface area (Å²) in [5.41, 5.74) is -2.59. The third kappa shape index (κ3) is 2.73. The van der Waals surface area contributed by atoms with E-state index in [1.165, 1.54) is 0 Å². The number of aliphatic hydroxyl groups is 4. The molecule has 0 saturated carbocycles. The average molecular weight is 298 g/mol. The van der Waals surface area contributed by atoms with Crippen molar-refractivity contribution in [3.05, 3.63) is 0 Å². The van der Waals surface area contributed by atoms with Gasteiger partial charge < -0.3 is 30.5 Å². The summed E-state index contributed by atoms with van der Waals surface area (Å²) in [5, 5.41) is 38.5. The molecule has 1 aliphatic rings. The van der Waals surface area contributed by atoms with Gasteiger partial charge in [0.15, 0.2) is 11.4 Å². The second-order valence-corrected chi connectivity index (χ2v) is 4.95. The Labute approximate surface area is 113 Å². The summed E-state index contributed by atoms with van der Waals surface area (Å²) in [5.74, 6) is -1.65. The first kappa shape index (κ1) is 16.3. The topological polar surface area (TPSA) is 136 Å². The summed E-state index contributed by atoms with van der Waals surface area (Å²) in [6.07, 6.45) is -3.35. The van der Waals surface area contributed by atoms with Gasteiger partial charge in [0.2, 0.25) is 5.91 Å². The van der Waals surface area contributed by atoms with Crippen molar-refractivity contribution in [3.63, 3.8) is 0 Å². The predicted molar refractivity (Wildman–Crippen MR) is 62.0 cm³/mol. The molecule has 0 aromatic heterocycles. The van der Waals surface area contributed by atoms with Gasteiger partial charge in [-0.25, -0.2) is 0 Å². The third-order valence-corrected chi connectivity index (χ3v) is 3.31. The van der Waals surface area contributed by atoms with Gasteiger partial charge in [-0.05, 0) is 6.92 Å². The highest BCUT2D eigenvalue weighted by Gasteiger charge is 2.64. The lowest BCUT2D eigenvalue weighted by molar-refractivity contribution is -0.299. The van der Waals surface area contributed by atoms with Crippen molar-refractivity contribution in [1.82, 2.24) is 5.32 Å². The second kappa shape index (κ2) is 5.31. The summed E-state index contributed by atoms with van der Waals surface area (Å²) < 4.78 is 4.79. The average Bonchev–Trinajstić information content (AvgIpc) is 2.29. The largest absolute Gasteiger partial charge is 0.394 e. The molecule has 1 unspecified atom stereocenters. The van der Waals surface area contributed by atoms with E-state index in [0.717, 1.165) is 13.8 Å². The molecule has 1 saturated heterocycles. The summed E-state index contributed by atoms with van der Waals surface area (Å²) >= 11 is 5.63. The van der Waals surface area contributed by atoms with Gasteiger partial charge in [-0.2, -0.15) is 0 Å². The fourth-order valence-electron chi connectivity index (χ4n) is 2.02. The van der Waals surface area contributed by atoms with E-state index in [2.05, 4.69) is 5.32 Å². The molecule has 9 heteroatoms. The lowest BCUT2D eigenvalue weighted by Gasteiger charge is -2.50. The molecule has 0 aromatic carbocycles. The number of Topliss-reactive ketones (excluding diaryl/α,β-unsaturated/α-hetero) is 1. The van der Waals surface area contributed by atoms with E-state index in [-0.39, 0.29) is 0 Å². The molecule has 5 N–H and O–H groups in total. The van der Waals surface area contributed by atoms with Crippen LogP contribution in [-0.4, -0.2) is 67.8 Å². The van der Waals surface area contributed by atoms with E-state index < -0.39 is 47.4 Å². The van der Waals surface area contributed by atoms with Crippen molar-refractivity contribution >= 4 is 23.3 Å². The van der Waals surface area contributed by atoms with Crippen LogP contribution in [0.25, 0.3) is 0 Å². The zero-order valence-corrected chi connectivity index (χ0v) is 11.1. The number of ketones is 1. The van der Waals surface area contributed by atoms with Crippen LogP contribution in [0.15, 0.2) is 0 Å². The second-order valence-electron chi connectivity index (χ2n) is 4.41. The van der Waals surface area contributed by atoms with Crippen LogP contribution >= 0.6 is 11.6 Å². The van der Waals surface area contributed by atoms with Crippen molar-refractivity contribution in [2.75, 3.05) is 6.61 Å². The van der Waals surface area contributed by atoms with Gasteiger partial charge in [-0.1, -0.05) is 11.6 Å². The molecule has 1 fully saturated rings. The fourth-order valence-corrected chi connectivity index (χ4v) is 2.36. The van der Waals surface area contributed by atoms with E-state index >= 15 is 0 Å². The first-order valence-electron chi connectivity index (χ1n) is 5.45. The van der Waals surface area contributed by atoms with E-state index in [4.69, 9.17) is 21.4 Å². The maximum Gasteiger partial charge on any atom is 0.270 e.